The zero-order chi connectivity index (χ0) is 19.4. The van der Waals surface area contributed by atoms with E-state index in [2.05, 4.69) is 49.1 Å². The largest absolute Gasteiger partial charge is 0.365 e. The lowest BCUT2D eigenvalue weighted by atomic mass is 9.44. The van der Waals surface area contributed by atoms with Crippen LogP contribution in [0.25, 0.3) is 0 Å². The van der Waals surface area contributed by atoms with Crippen molar-refractivity contribution in [1.82, 2.24) is 4.90 Å². The fraction of sp³-hybridized carbons (Fsp3) is 0.720. The Morgan fingerprint density at radius 1 is 1.11 bits per heavy atom. The number of thiocarbonyl (C=S) groups is 1. The van der Waals surface area contributed by atoms with Crippen molar-refractivity contribution in [2.75, 3.05) is 13.1 Å². The lowest BCUT2D eigenvalue weighted by molar-refractivity contribution is -0.0361. The Morgan fingerprint density at radius 2 is 1.89 bits per heavy atom. The molecule has 1 heterocycles. The molecule has 6 unspecified atom stereocenters. The Balaban J connectivity index is 1.38. The highest BCUT2D eigenvalue weighted by Gasteiger charge is 2.79. The number of rotatable bonds is 2. The fourth-order valence-electron chi connectivity index (χ4n) is 8.87. The molecule has 2 nitrogen and oxygen atoms in total. The van der Waals surface area contributed by atoms with E-state index in [1.165, 1.54) is 43.5 Å². The zero-order valence-electron chi connectivity index (χ0n) is 17.4. The topological polar surface area (TPSA) is 29.3 Å². The smallest absolute Gasteiger partial charge is 0.0842 e. The SMILES string of the molecule is CC1(C)CN(C(=S)C23CC4CC5CC(c6ccccc6)(C2)C5(C4)C3)CCC1N. The van der Waals surface area contributed by atoms with E-state index in [0.717, 1.165) is 31.3 Å². The van der Waals surface area contributed by atoms with Crippen molar-refractivity contribution in [3.8, 4) is 0 Å². The highest BCUT2D eigenvalue weighted by Crippen LogP contribution is 2.84. The monoisotopic (exact) mass is 394 g/mol. The number of hydrogen-bond acceptors (Lipinski definition) is 2. The molecule has 0 radical (unpaired) electrons. The van der Waals surface area contributed by atoms with Gasteiger partial charge in [0, 0.05) is 30.0 Å². The van der Waals surface area contributed by atoms with Crippen LogP contribution in [0.2, 0.25) is 0 Å². The number of piperidine rings is 1. The van der Waals surface area contributed by atoms with Crippen molar-refractivity contribution < 1.29 is 0 Å². The van der Waals surface area contributed by atoms with Crippen LogP contribution in [0, 0.1) is 28.1 Å². The Kier molecular flexibility index (Phi) is 3.45. The maximum atomic E-state index is 6.44. The molecule has 1 spiro atoms. The van der Waals surface area contributed by atoms with Crippen LogP contribution in [0.1, 0.15) is 64.4 Å². The summed E-state index contributed by atoms with van der Waals surface area (Å²) in [4.78, 5) is 3.89. The molecular formula is C25H34N2S. The lowest BCUT2D eigenvalue weighted by Crippen LogP contribution is -2.56. The number of hydrogen-bond donors (Lipinski definition) is 1. The first-order valence-electron chi connectivity index (χ1n) is 11.4. The average molecular weight is 395 g/mol. The number of fused-ring (bicyclic) bond motifs is 2. The predicted octanol–water partition coefficient (Wildman–Crippen LogP) is 4.91. The first-order valence-corrected chi connectivity index (χ1v) is 11.8. The van der Waals surface area contributed by atoms with Crippen molar-refractivity contribution in [3.05, 3.63) is 35.9 Å². The molecule has 1 aromatic rings. The van der Waals surface area contributed by atoms with Gasteiger partial charge in [-0.3, -0.25) is 0 Å². The van der Waals surface area contributed by atoms with Crippen LogP contribution in [0.5, 0.6) is 0 Å². The minimum Gasteiger partial charge on any atom is -0.365 e. The van der Waals surface area contributed by atoms with E-state index in [9.17, 15) is 0 Å². The standard InChI is InChI=1S/C25H34N2S/c1-22(2)16-27(9-8-20(22)26)21(28)23-11-17-10-19-13-25(15-23,24(19,12-17)14-23)18-6-4-3-5-7-18/h3-7,17,19-20H,8-16,26H2,1-2H3. The van der Waals surface area contributed by atoms with E-state index in [4.69, 9.17) is 18.0 Å². The fourth-order valence-corrected chi connectivity index (χ4v) is 9.25. The third kappa shape index (κ3) is 2.01. The van der Waals surface area contributed by atoms with E-state index in [1.807, 2.05) is 0 Å². The maximum Gasteiger partial charge on any atom is 0.0842 e. The summed E-state index contributed by atoms with van der Waals surface area (Å²) in [7, 11) is 0. The van der Waals surface area contributed by atoms with Crippen LogP contribution in [0.4, 0.5) is 0 Å². The second kappa shape index (κ2) is 5.40. The van der Waals surface area contributed by atoms with E-state index in [-0.39, 0.29) is 10.8 Å². The Hall–Kier alpha value is -0.930. The van der Waals surface area contributed by atoms with Crippen LogP contribution in [-0.4, -0.2) is 29.0 Å². The molecule has 6 atom stereocenters. The van der Waals surface area contributed by atoms with Crippen LogP contribution < -0.4 is 5.73 Å². The summed E-state index contributed by atoms with van der Waals surface area (Å²) in [6, 6.07) is 11.8. The van der Waals surface area contributed by atoms with E-state index >= 15 is 0 Å². The van der Waals surface area contributed by atoms with Gasteiger partial charge in [0.2, 0.25) is 0 Å². The quantitative estimate of drug-likeness (QED) is 0.723. The minimum absolute atomic E-state index is 0.155. The van der Waals surface area contributed by atoms with Gasteiger partial charge in [-0.25, -0.2) is 0 Å². The highest BCUT2D eigenvalue weighted by atomic mass is 32.1. The summed E-state index contributed by atoms with van der Waals surface area (Å²) < 4.78 is 0. The molecule has 28 heavy (non-hydrogen) atoms. The Bertz CT molecular complexity index is 834. The molecule has 0 aromatic heterocycles. The highest BCUT2D eigenvalue weighted by molar-refractivity contribution is 7.80. The summed E-state index contributed by atoms with van der Waals surface area (Å²) in [6.45, 7) is 6.75. The molecule has 4 aliphatic carbocycles. The first kappa shape index (κ1) is 17.9. The van der Waals surface area contributed by atoms with Crippen molar-refractivity contribution in [2.45, 2.75) is 70.3 Å². The van der Waals surface area contributed by atoms with Crippen molar-refractivity contribution >= 4 is 17.2 Å². The molecule has 3 bridgehead atoms. The summed E-state index contributed by atoms with van der Waals surface area (Å²) in [5.74, 6) is 1.86. The maximum absolute atomic E-state index is 6.44. The number of nitrogens with two attached hydrogens (primary N) is 1. The normalized spacial score (nSPS) is 47.7. The van der Waals surface area contributed by atoms with Crippen LogP contribution >= 0.6 is 12.2 Å². The van der Waals surface area contributed by atoms with Crippen LogP contribution in [-0.2, 0) is 5.41 Å². The molecule has 5 aliphatic rings. The molecule has 2 N–H and O–H groups in total. The average Bonchev–Trinajstić information content (AvgIpc) is 2.98. The summed E-state index contributed by atoms with van der Waals surface area (Å²) in [6.07, 6.45) is 9.43. The van der Waals surface area contributed by atoms with Gasteiger partial charge in [0.1, 0.15) is 0 Å². The molecule has 0 amide bonds. The second-order valence-electron chi connectivity index (χ2n) is 11.8. The third-order valence-corrected chi connectivity index (χ3v) is 10.6. The molecule has 6 rings (SSSR count). The van der Waals surface area contributed by atoms with Gasteiger partial charge in [-0.15, -0.1) is 0 Å². The van der Waals surface area contributed by atoms with Gasteiger partial charge in [0.05, 0.1) is 4.99 Å². The summed E-state index contributed by atoms with van der Waals surface area (Å²) >= 11 is 6.36. The van der Waals surface area contributed by atoms with Gasteiger partial charge in [0.15, 0.2) is 0 Å². The Morgan fingerprint density at radius 3 is 2.64 bits per heavy atom. The van der Waals surface area contributed by atoms with Gasteiger partial charge >= 0.3 is 0 Å². The van der Waals surface area contributed by atoms with E-state index < -0.39 is 0 Å². The Labute approximate surface area is 175 Å². The lowest BCUT2D eigenvalue weighted by Gasteiger charge is -2.59. The van der Waals surface area contributed by atoms with Crippen LogP contribution in [0.3, 0.4) is 0 Å². The molecular weight excluding hydrogens is 360 g/mol. The number of nitrogens with zero attached hydrogens (tertiary/aromatic N) is 1. The van der Waals surface area contributed by atoms with Crippen molar-refractivity contribution in [2.24, 2.45) is 33.8 Å². The first-order chi connectivity index (χ1) is 13.3. The van der Waals surface area contributed by atoms with Gasteiger partial charge in [-0.05, 0) is 73.2 Å². The predicted molar refractivity (Wildman–Crippen MR) is 118 cm³/mol. The molecule has 5 fully saturated rings. The molecule has 1 aliphatic heterocycles. The molecule has 4 saturated carbocycles. The van der Waals surface area contributed by atoms with Crippen LogP contribution in [0.15, 0.2) is 30.3 Å². The van der Waals surface area contributed by atoms with Gasteiger partial charge in [-0.1, -0.05) is 56.4 Å². The van der Waals surface area contributed by atoms with Gasteiger partial charge in [0.25, 0.3) is 0 Å². The van der Waals surface area contributed by atoms with Crippen molar-refractivity contribution in [3.63, 3.8) is 0 Å². The third-order valence-electron chi connectivity index (χ3n) is 9.95. The van der Waals surface area contributed by atoms with Gasteiger partial charge in [-0.2, -0.15) is 0 Å². The van der Waals surface area contributed by atoms with E-state index in [0.29, 0.717) is 16.9 Å². The minimum atomic E-state index is 0.155. The second-order valence-corrected chi connectivity index (χ2v) is 12.1. The number of benzene rings is 1. The van der Waals surface area contributed by atoms with Crippen molar-refractivity contribution in [1.29, 1.82) is 0 Å². The molecule has 1 saturated heterocycles. The molecule has 1 aromatic carbocycles. The molecule has 150 valence electrons. The zero-order valence-corrected chi connectivity index (χ0v) is 18.2. The summed E-state index contributed by atoms with van der Waals surface area (Å²) in [5, 5.41) is 0. The van der Waals surface area contributed by atoms with E-state index in [1.54, 1.807) is 5.56 Å². The summed E-state index contributed by atoms with van der Waals surface area (Å²) in [5.41, 5.74) is 9.41. The van der Waals surface area contributed by atoms with Gasteiger partial charge < -0.3 is 10.6 Å². The number of likely N-dealkylation sites (tertiary alicyclic amines) is 1. The molecule has 3 heteroatoms.